The Balaban J connectivity index is 0.00000176. The summed E-state index contributed by atoms with van der Waals surface area (Å²) in [5.74, 6) is 0.240. The molecule has 0 atom stereocenters. The van der Waals surface area contributed by atoms with Gasteiger partial charge in [0.05, 0.1) is 11.9 Å². The van der Waals surface area contributed by atoms with Gasteiger partial charge in [0, 0.05) is 38.8 Å². The number of nitrogens with one attached hydrogen (secondary N) is 1. The van der Waals surface area contributed by atoms with E-state index < -0.39 is 0 Å². The molecule has 1 fully saturated rings. The zero-order valence-electron chi connectivity index (χ0n) is 12.4. The highest BCUT2D eigenvalue weighted by molar-refractivity contribution is 5.85. The molecule has 0 spiro atoms. The molecule has 0 radical (unpaired) electrons. The van der Waals surface area contributed by atoms with Crippen LogP contribution in [0.2, 0.25) is 0 Å². The number of hydrogen-bond acceptors (Lipinski definition) is 3. The van der Waals surface area contributed by atoms with Crippen molar-refractivity contribution in [3.63, 3.8) is 0 Å². The number of nitrogens with zero attached hydrogens (tertiary/aromatic N) is 3. The first-order valence-corrected chi connectivity index (χ1v) is 7.40. The number of rotatable bonds is 4. The SMILES string of the molecule is Cl.O=C(CCc1cnn(-c2ccccc2)c1)N1CCNCC1. The highest BCUT2D eigenvalue weighted by atomic mass is 35.5. The van der Waals surface area contributed by atoms with Crippen LogP contribution in [-0.4, -0.2) is 46.8 Å². The second kappa shape index (κ2) is 7.96. The van der Waals surface area contributed by atoms with Crippen LogP contribution in [0.3, 0.4) is 0 Å². The van der Waals surface area contributed by atoms with Gasteiger partial charge in [0.2, 0.25) is 5.91 Å². The Morgan fingerprint density at radius 3 is 2.64 bits per heavy atom. The molecule has 1 amide bonds. The number of hydrogen-bond donors (Lipinski definition) is 1. The van der Waals surface area contributed by atoms with Crippen LogP contribution in [0.5, 0.6) is 0 Å². The second-order valence-electron chi connectivity index (χ2n) is 5.26. The van der Waals surface area contributed by atoms with Crippen molar-refractivity contribution >= 4 is 18.3 Å². The quantitative estimate of drug-likeness (QED) is 0.932. The van der Waals surface area contributed by atoms with Gasteiger partial charge in [-0.25, -0.2) is 4.68 Å². The normalized spacial score (nSPS) is 14.5. The van der Waals surface area contributed by atoms with Gasteiger partial charge in [-0.3, -0.25) is 4.79 Å². The topological polar surface area (TPSA) is 50.2 Å². The van der Waals surface area contributed by atoms with E-state index in [1.54, 1.807) is 0 Å². The molecular weight excluding hydrogens is 300 g/mol. The van der Waals surface area contributed by atoms with Gasteiger partial charge in [-0.15, -0.1) is 12.4 Å². The zero-order valence-corrected chi connectivity index (χ0v) is 13.3. The van der Waals surface area contributed by atoms with Gasteiger partial charge in [-0.05, 0) is 24.1 Å². The van der Waals surface area contributed by atoms with Crippen molar-refractivity contribution in [3.8, 4) is 5.69 Å². The van der Waals surface area contributed by atoms with Gasteiger partial charge in [0.15, 0.2) is 0 Å². The summed E-state index contributed by atoms with van der Waals surface area (Å²) >= 11 is 0. The van der Waals surface area contributed by atoms with Gasteiger partial charge < -0.3 is 10.2 Å². The number of para-hydroxylation sites is 1. The molecule has 0 unspecified atom stereocenters. The molecule has 6 heteroatoms. The molecule has 1 aromatic heterocycles. The van der Waals surface area contributed by atoms with Crippen LogP contribution >= 0.6 is 12.4 Å². The molecule has 22 heavy (non-hydrogen) atoms. The maximum absolute atomic E-state index is 12.1. The van der Waals surface area contributed by atoms with Crippen LogP contribution in [0.4, 0.5) is 0 Å². The summed E-state index contributed by atoms with van der Waals surface area (Å²) in [5, 5.41) is 7.62. The van der Waals surface area contributed by atoms with E-state index in [1.807, 2.05) is 52.3 Å². The largest absolute Gasteiger partial charge is 0.340 e. The number of halogens is 1. The van der Waals surface area contributed by atoms with Crippen LogP contribution in [0, 0.1) is 0 Å². The van der Waals surface area contributed by atoms with E-state index in [1.165, 1.54) is 0 Å². The summed E-state index contributed by atoms with van der Waals surface area (Å²) < 4.78 is 1.85. The third-order valence-electron chi connectivity index (χ3n) is 3.75. The molecule has 2 heterocycles. The minimum Gasteiger partial charge on any atom is -0.340 e. The molecule has 0 bridgehead atoms. The number of aryl methyl sites for hydroxylation is 1. The van der Waals surface area contributed by atoms with E-state index in [0.717, 1.165) is 43.9 Å². The number of carbonyl (C=O) groups is 1. The maximum Gasteiger partial charge on any atom is 0.222 e. The Labute approximate surface area is 136 Å². The molecule has 0 saturated carbocycles. The molecule has 5 nitrogen and oxygen atoms in total. The molecule has 1 aliphatic rings. The van der Waals surface area contributed by atoms with Gasteiger partial charge in [0.25, 0.3) is 0 Å². The van der Waals surface area contributed by atoms with Crippen molar-refractivity contribution in [1.29, 1.82) is 0 Å². The zero-order chi connectivity index (χ0) is 14.5. The lowest BCUT2D eigenvalue weighted by atomic mass is 10.2. The van der Waals surface area contributed by atoms with Crippen LogP contribution in [0.1, 0.15) is 12.0 Å². The molecule has 2 aromatic rings. The van der Waals surface area contributed by atoms with Crippen molar-refractivity contribution in [2.75, 3.05) is 26.2 Å². The predicted octanol–water partition coefficient (Wildman–Crippen LogP) is 1.66. The molecule has 0 aliphatic carbocycles. The number of aromatic nitrogens is 2. The molecule has 1 saturated heterocycles. The Kier molecular flexibility index (Phi) is 5.98. The van der Waals surface area contributed by atoms with Crippen molar-refractivity contribution in [2.24, 2.45) is 0 Å². The Morgan fingerprint density at radius 1 is 1.18 bits per heavy atom. The van der Waals surface area contributed by atoms with Crippen molar-refractivity contribution < 1.29 is 4.79 Å². The van der Waals surface area contributed by atoms with Crippen molar-refractivity contribution in [3.05, 3.63) is 48.3 Å². The molecule has 1 N–H and O–H groups in total. The molecular formula is C16H21ClN4O. The van der Waals surface area contributed by atoms with Crippen LogP contribution in [0.25, 0.3) is 5.69 Å². The minimum atomic E-state index is 0. The monoisotopic (exact) mass is 320 g/mol. The average Bonchev–Trinajstić information content (AvgIpc) is 3.03. The summed E-state index contributed by atoms with van der Waals surface area (Å²) in [6.45, 7) is 3.44. The fourth-order valence-corrected chi connectivity index (χ4v) is 2.53. The van der Waals surface area contributed by atoms with Crippen molar-refractivity contribution in [1.82, 2.24) is 20.0 Å². The van der Waals surface area contributed by atoms with E-state index in [-0.39, 0.29) is 18.3 Å². The minimum absolute atomic E-state index is 0. The Bertz CT molecular complexity index is 593. The molecule has 1 aromatic carbocycles. The van der Waals surface area contributed by atoms with Crippen LogP contribution in [-0.2, 0) is 11.2 Å². The summed E-state index contributed by atoms with van der Waals surface area (Å²) in [4.78, 5) is 14.1. The molecule has 118 valence electrons. The fourth-order valence-electron chi connectivity index (χ4n) is 2.53. The number of piperazine rings is 1. The predicted molar refractivity (Wildman–Crippen MR) is 88.6 cm³/mol. The summed E-state index contributed by atoms with van der Waals surface area (Å²) in [5.41, 5.74) is 2.14. The highest BCUT2D eigenvalue weighted by Gasteiger charge is 2.15. The number of amides is 1. The van der Waals surface area contributed by atoms with Gasteiger partial charge in [-0.2, -0.15) is 5.10 Å². The average molecular weight is 321 g/mol. The van der Waals surface area contributed by atoms with E-state index in [0.29, 0.717) is 6.42 Å². The fraction of sp³-hybridized carbons (Fsp3) is 0.375. The summed E-state index contributed by atoms with van der Waals surface area (Å²) in [6, 6.07) is 10.0. The number of carbonyl (C=O) groups excluding carboxylic acids is 1. The maximum atomic E-state index is 12.1. The first-order chi connectivity index (χ1) is 10.3. The van der Waals surface area contributed by atoms with Crippen LogP contribution in [0.15, 0.2) is 42.7 Å². The highest BCUT2D eigenvalue weighted by Crippen LogP contribution is 2.10. The lowest BCUT2D eigenvalue weighted by molar-refractivity contribution is -0.131. The van der Waals surface area contributed by atoms with Gasteiger partial charge >= 0.3 is 0 Å². The molecule has 1 aliphatic heterocycles. The first-order valence-electron chi connectivity index (χ1n) is 7.40. The second-order valence-corrected chi connectivity index (χ2v) is 5.26. The smallest absolute Gasteiger partial charge is 0.222 e. The Hall–Kier alpha value is -1.85. The van der Waals surface area contributed by atoms with Gasteiger partial charge in [0.1, 0.15) is 0 Å². The lowest BCUT2D eigenvalue weighted by Gasteiger charge is -2.27. The Morgan fingerprint density at radius 2 is 1.91 bits per heavy atom. The van der Waals surface area contributed by atoms with E-state index >= 15 is 0 Å². The standard InChI is InChI=1S/C16H20N4O.ClH/c21-16(19-10-8-17-9-11-19)7-6-14-12-18-20(13-14)15-4-2-1-3-5-15;/h1-5,12-13,17H,6-11H2;1H. The summed E-state index contributed by atoms with van der Waals surface area (Å²) in [6.07, 6.45) is 5.15. The van der Waals surface area contributed by atoms with Crippen LogP contribution < -0.4 is 5.32 Å². The van der Waals surface area contributed by atoms with E-state index in [4.69, 9.17) is 0 Å². The number of benzene rings is 1. The van der Waals surface area contributed by atoms with Gasteiger partial charge in [-0.1, -0.05) is 18.2 Å². The van der Waals surface area contributed by atoms with E-state index in [9.17, 15) is 4.79 Å². The summed E-state index contributed by atoms with van der Waals surface area (Å²) in [7, 11) is 0. The molecule has 3 rings (SSSR count). The van der Waals surface area contributed by atoms with Crippen molar-refractivity contribution in [2.45, 2.75) is 12.8 Å². The third kappa shape index (κ3) is 4.08. The lowest BCUT2D eigenvalue weighted by Crippen LogP contribution is -2.46. The third-order valence-corrected chi connectivity index (χ3v) is 3.75. The van der Waals surface area contributed by atoms with E-state index in [2.05, 4.69) is 10.4 Å². The first kappa shape index (κ1) is 16.5.